The Kier molecular flexibility index (Phi) is 5.53. The van der Waals surface area contributed by atoms with Crippen LogP contribution in [0.25, 0.3) is 0 Å². The van der Waals surface area contributed by atoms with Crippen molar-refractivity contribution in [3.05, 3.63) is 29.8 Å². The van der Waals surface area contributed by atoms with Crippen LogP contribution >= 0.6 is 0 Å². The van der Waals surface area contributed by atoms with Crippen LogP contribution in [0, 0.1) is 5.92 Å². The number of hydrogen-bond acceptors (Lipinski definition) is 3. The van der Waals surface area contributed by atoms with Crippen LogP contribution < -0.4 is 4.74 Å². The Bertz CT molecular complexity index is 341. The molecule has 0 radical (unpaired) electrons. The van der Waals surface area contributed by atoms with E-state index in [1.54, 1.807) is 6.92 Å². The van der Waals surface area contributed by atoms with Gasteiger partial charge in [-0.3, -0.25) is 4.79 Å². The van der Waals surface area contributed by atoms with E-state index in [1.165, 1.54) is 0 Å². The molecule has 0 N–H and O–H groups in total. The van der Waals surface area contributed by atoms with Crippen molar-refractivity contribution in [3.63, 3.8) is 0 Å². The Balaban J connectivity index is 2.47. The lowest BCUT2D eigenvalue weighted by atomic mass is 10.1. The number of carbonyl (C=O) groups is 1. The minimum absolute atomic E-state index is 0.191. The molecule has 3 nitrogen and oxygen atoms in total. The fourth-order valence-electron chi connectivity index (χ4n) is 1.35. The molecule has 0 unspecified atom stereocenters. The highest BCUT2D eigenvalue weighted by Crippen LogP contribution is 2.13. The van der Waals surface area contributed by atoms with E-state index in [-0.39, 0.29) is 5.97 Å². The maximum atomic E-state index is 11.3. The first-order valence-corrected chi connectivity index (χ1v) is 5.99. The summed E-state index contributed by atoms with van der Waals surface area (Å²) in [4.78, 5) is 11.3. The quantitative estimate of drug-likeness (QED) is 0.712. The van der Waals surface area contributed by atoms with Gasteiger partial charge in [-0.2, -0.15) is 0 Å². The molecule has 3 heteroatoms. The summed E-state index contributed by atoms with van der Waals surface area (Å²) >= 11 is 0. The summed E-state index contributed by atoms with van der Waals surface area (Å²) in [5.41, 5.74) is 0.945. The lowest BCUT2D eigenvalue weighted by molar-refractivity contribution is -0.142. The van der Waals surface area contributed by atoms with E-state index in [1.807, 2.05) is 24.3 Å². The molecule has 0 aliphatic carbocycles. The summed E-state index contributed by atoms with van der Waals surface area (Å²) in [5, 5.41) is 0. The molecule has 0 fully saturated rings. The largest absolute Gasteiger partial charge is 0.493 e. The first-order valence-electron chi connectivity index (χ1n) is 5.99. The molecule has 17 heavy (non-hydrogen) atoms. The van der Waals surface area contributed by atoms with Gasteiger partial charge in [-0.1, -0.05) is 26.0 Å². The number of benzene rings is 1. The molecule has 0 bridgehead atoms. The van der Waals surface area contributed by atoms with Gasteiger partial charge in [0.05, 0.1) is 19.6 Å². The molecule has 1 aromatic rings. The molecule has 0 saturated carbocycles. The zero-order chi connectivity index (χ0) is 12.7. The number of ether oxygens (including phenoxy) is 2. The predicted octanol–water partition coefficient (Wildman–Crippen LogP) is 2.83. The van der Waals surface area contributed by atoms with Gasteiger partial charge in [-0.15, -0.1) is 0 Å². The van der Waals surface area contributed by atoms with Crippen molar-refractivity contribution in [1.82, 2.24) is 0 Å². The summed E-state index contributed by atoms with van der Waals surface area (Å²) in [5.74, 6) is 1.16. The second-order valence-electron chi connectivity index (χ2n) is 4.33. The maximum Gasteiger partial charge on any atom is 0.310 e. The van der Waals surface area contributed by atoms with Gasteiger partial charge in [0.1, 0.15) is 5.75 Å². The van der Waals surface area contributed by atoms with Crippen molar-refractivity contribution >= 4 is 5.97 Å². The molecular weight excluding hydrogens is 216 g/mol. The van der Waals surface area contributed by atoms with Gasteiger partial charge in [0, 0.05) is 0 Å². The van der Waals surface area contributed by atoms with Crippen LogP contribution in [0.5, 0.6) is 5.75 Å². The van der Waals surface area contributed by atoms with Crippen molar-refractivity contribution in [2.75, 3.05) is 13.2 Å². The van der Waals surface area contributed by atoms with Gasteiger partial charge in [-0.05, 0) is 30.5 Å². The Labute approximate surface area is 103 Å². The van der Waals surface area contributed by atoms with Crippen LogP contribution in [0.3, 0.4) is 0 Å². The van der Waals surface area contributed by atoms with Gasteiger partial charge in [0.15, 0.2) is 0 Å². The van der Waals surface area contributed by atoms with Gasteiger partial charge in [0.2, 0.25) is 0 Å². The topological polar surface area (TPSA) is 35.5 Å². The summed E-state index contributed by atoms with van der Waals surface area (Å²) in [6.07, 6.45) is 0.318. The molecule has 0 aliphatic rings. The van der Waals surface area contributed by atoms with Crippen molar-refractivity contribution in [1.29, 1.82) is 0 Å². The SMILES string of the molecule is CCOC(=O)Cc1ccc(OCC(C)C)cc1. The second-order valence-corrected chi connectivity index (χ2v) is 4.33. The smallest absolute Gasteiger partial charge is 0.310 e. The number of esters is 1. The van der Waals surface area contributed by atoms with Crippen LogP contribution in [0.1, 0.15) is 26.3 Å². The van der Waals surface area contributed by atoms with E-state index in [2.05, 4.69) is 13.8 Å². The first kappa shape index (κ1) is 13.6. The van der Waals surface area contributed by atoms with E-state index in [4.69, 9.17) is 9.47 Å². The molecule has 0 atom stereocenters. The molecule has 0 saturated heterocycles. The van der Waals surface area contributed by atoms with Crippen LogP contribution in [0.2, 0.25) is 0 Å². The van der Waals surface area contributed by atoms with Gasteiger partial charge in [-0.25, -0.2) is 0 Å². The fraction of sp³-hybridized carbons (Fsp3) is 0.500. The summed E-state index contributed by atoms with van der Waals surface area (Å²) in [7, 11) is 0. The highest BCUT2D eigenvalue weighted by Gasteiger charge is 2.04. The number of carbonyl (C=O) groups excluding carboxylic acids is 1. The fourth-order valence-corrected chi connectivity index (χ4v) is 1.35. The highest BCUT2D eigenvalue weighted by atomic mass is 16.5. The minimum Gasteiger partial charge on any atom is -0.493 e. The lowest BCUT2D eigenvalue weighted by Gasteiger charge is -2.09. The van der Waals surface area contributed by atoms with Crippen molar-refractivity contribution in [3.8, 4) is 5.75 Å². The van der Waals surface area contributed by atoms with Crippen molar-refractivity contribution in [2.45, 2.75) is 27.2 Å². The van der Waals surface area contributed by atoms with E-state index in [0.29, 0.717) is 25.6 Å². The Morgan fingerprint density at radius 2 is 1.88 bits per heavy atom. The molecule has 0 aromatic heterocycles. The molecule has 0 amide bonds. The van der Waals surface area contributed by atoms with Crippen LogP contribution in [-0.4, -0.2) is 19.2 Å². The minimum atomic E-state index is -0.191. The van der Waals surface area contributed by atoms with Crippen LogP contribution in [0.4, 0.5) is 0 Å². The van der Waals surface area contributed by atoms with Crippen molar-refractivity contribution in [2.24, 2.45) is 5.92 Å². The first-order chi connectivity index (χ1) is 8.11. The average Bonchev–Trinajstić information content (AvgIpc) is 2.28. The Morgan fingerprint density at radius 1 is 1.24 bits per heavy atom. The van der Waals surface area contributed by atoms with Gasteiger partial charge < -0.3 is 9.47 Å². The third kappa shape index (κ3) is 5.38. The Morgan fingerprint density at radius 3 is 2.41 bits per heavy atom. The second kappa shape index (κ2) is 6.94. The number of rotatable bonds is 6. The highest BCUT2D eigenvalue weighted by molar-refractivity contribution is 5.72. The van der Waals surface area contributed by atoms with Crippen LogP contribution in [0.15, 0.2) is 24.3 Å². The third-order valence-electron chi connectivity index (χ3n) is 2.16. The van der Waals surface area contributed by atoms with Gasteiger partial charge in [0.25, 0.3) is 0 Å². The zero-order valence-corrected chi connectivity index (χ0v) is 10.7. The van der Waals surface area contributed by atoms with E-state index >= 15 is 0 Å². The molecular formula is C14H20O3. The standard InChI is InChI=1S/C14H20O3/c1-4-16-14(15)9-12-5-7-13(8-6-12)17-10-11(2)3/h5-8,11H,4,9-10H2,1-3H3. The predicted molar refractivity (Wildman–Crippen MR) is 67.1 cm³/mol. The lowest BCUT2D eigenvalue weighted by Crippen LogP contribution is -2.07. The van der Waals surface area contributed by atoms with E-state index < -0.39 is 0 Å². The van der Waals surface area contributed by atoms with Crippen LogP contribution in [-0.2, 0) is 16.0 Å². The normalized spacial score (nSPS) is 10.4. The molecule has 1 rings (SSSR count). The monoisotopic (exact) mass is 236 g/mol. The Hall–Kier alpha value is -1.51. The zero-order valence-electron chi connectivity index (χ0n) is 10.7. The van der Waals surface area contributed by atoms with E-state index in [0.717, 1.165) is 11.3 Å². The summed E-state index contributed by atoms with van der Waals surface area (Å²) < 4.78 is 10.4. The third-order valence-corrected chi connectivity index (χ3v) is 2.16. The molecule has 1 aromatic carbocycles. The summed E-state index contributed by atoms with van der Waals surface area (Å²) in [6.45, 7) is 7.15. The summed E-state index contributed by atoms with van der Waals surface area (Å²) in [6, 6.07) is 7.56. The molecule has 0 aliphatic heterocycles. The van der Waals surface area contributed by atoms with Gasteiger partial charge >= 0.3 is 5.97 Å². The maximum absolute atomic E-state index is 11.3. The van der Waals surface area contributed by atoms with E-state index in [9.17, 15) is 4.79 Å². The number of hydrogen-bond donors (Lipinski definition) is 0. The molecule has 0 heterocycles. The molecule has 94 valence electrons. The average molecular weight is 236 g/mol. The van der Waals surface area contributed by atoms with Crippen molar-refractivity contribution < 1.29 is 14.3 Å². The molecule has 0 spiro atoms.